The second kappa shape index (κ2) is 5.61. The number of hydrogen-bond acceptors (Lipinski definition) is 2. The van der Waals surface area contributed by atoms with Crippen LogP contribution in [0.5, 0.6) is 0 Å². The molecule has 5 heteroatoms. The van der Waals surface area contributed by atoms with Gasteiger partial charge in [-0.15, -0.1) is 0 Å². The first-order chi connectivity index (χ1) is 8.99. The fraction of sp³-hybridized carbons (Fsp3) is 0.429. The van der Waals surface area contributed by atoms with Crippen LogP contribution in [-0.4, -0.2) is 18.5 Å². The molecule has 19 heavy (non-hydrogen) atoms. The minimum Gasteiger partial charge on any atom is -0.337 e. The van der Waals surface area contributed by atoms with Crippen LogP contribution in [0.2, 0.25) is 5.02 Å². The molecular weight excluding hydrogens is 264 g/mol. The first kappa shape index (κ1) is 13.9. The second-order valence-corrected chi connectivity index (χ2v) is 5.60. The van der Waals surface area contributed by atoms with Crippen molar-refractivity contribution in [1.29, 1.82) is 0 Å². The average molecular weight is 281 g/mol. The van der Waals surface area contributed by atoms with Crippen LogP contribution in [0.1, 0.15) is 20.3 Å². The lowest BCUT2D eigenvalue weighted by Gasteiger charge is -2.32. The zero-order valence-corrected chi connectivity index (χ0v) is 11.8. The molecule has 1 N–H and O–H groups in total. The number of amides is 3. The molecule has 0 spiro atoms. The molecule has 0 aliphatic carbocycles. The molecule has 1 saturated heterocycles. The third-order valence-corrected chi connectivity index (χ3v) is 3.37. The van der Waals surface area contributed by atoms with Crippen molar-refractivity contribution >= 4 is 29.2 Å². The highest BCUT2D eigenvalue weighted by Gasteiger charge is 2.35. The van der Waals surface area contributed by atoms with Gasteiger partial charge < -0.3 is 5.32 Å². The number of hydrogen-bond donors (Lipinski definition) is 1. The highest BCUT2D eigenvalue weighted by atomic mass is 35.5. The summed E-state index contributed by atoms with van der Waals surface area (Å²) in [5.74, 6) is 0.115. The van der Waals surface area contributed by atoms with Gasteiger partial charge in [0.15, 0.2) is 0 Å². The normalized spacial score (nSPS) is 19.8. The summed E-state index contributed by atoms with van der Waals surface area (Å²) < 4.78 is 0. The monoisotopic (exact) mass is 280 g/mol. The van der Waals surface area contributed by atoms with Gasteiger partial charge in [0, 0.05) is 11.6 Å². The minimum atomic E-state index is -0.368. The zero-order chi connectivity index (χ0) is 14.0. The number of benzene rings is 1. The number of rotatable bonds is 3. The van der Waals surface area contributed by atoms with Crippen LogP contribution in [0.3, 0.4) is 0 Å². The summed E-state index contributed by atoms with van der Waals surface area (Å²) >= 11 is 5.82. The molecule has 2 rings (SSSR count). The smallest absolute Gasteiger partial charge is 0.328 e. The molecule has 1 fully saturated rings. The number of carbonyl (C=O) groups excluding carboxylic acids is 2. The lowest BCUT2D eigenvalue weighted by molar-refractivity contribution is -0.122. The van der Waals surface area contributed by atoms with Gasteiger partial charge in [-0.25, -0.2) is 9.69 Å². The molecule has 0 bridgehead atoms. The Labute approximate surface area is 117 Å². The second-order valence-electron chi connectivity index (χ2n) is 5.16. The maximum Gasteiger partial charge on any atom is 0.328 e. The molecule has 102 valence electrons. The number of nitrogens with zero attached hydrogens (tertiary/aromatic N) is 1. The van der Waals surface area contributed by atoms with Crippen LogP contribution in [0.15, 0.2) is 24.3 Å². The van der Waals surface area contributed by atoms with E-state index in [0.29, 0.717) is 23.2 Å². The van der Waals surface area contributed by atoms with E-state index >= 15 is 0 Å². The Morgan fingerprint density at radius 2 is 1.95 bits per heavy atom. The first-order valence-electron chi connectivity index (χ1n) is 6.36. The zero-order valence-electron chi connectivity index (χ0n) is 11.0. The molecule has 0 aromatic heterocycles. The van der Waals surface area contributed by atoms with Crippen molar-refractivity contribution in [2.75, 3.05) is 11.4 Å². The van der Waals surface area contributed by atoms with Crippen LogP contribution in [-0.2, 0) is 4.79 Å². The molecule has 1 aromatic rings. The molecule has 1 aliphatic heterocycles. The van der Waals surface area contributed by atoms with Crippen molar-refractivity contribution in [3.63, 3.8) is 0 Å². The molecule has 1 atom stereocenters. The molecule has 0 saturated carbocycles. The standard InChI is InChI=1S/C14H17ClN2O2/c1-9(2)7-10-8-16-14(19)17(13(10)18)12-5-3-11(15)4-6-12/h3-6,9-10H,7-8H2,1-2H3,(H,16,19). The Morgan fingerprint density at radius 3 is 2.53 bits per heavy atom. The molecule has 1 heterocycles. The van der Waals surface area contributed by atoms with Crippen molar-refractivity contribution in [2.24, 2.45) is 11.8 Å². The van der Waals surface area contributed by atoms with Gasteiger partial charge in [-0.05, 0) is 36.6 Å². The van der Waals surface area contributed by atoms with E-state index in [0.717, 1.165) is 6.42 Å². The van der Waals surface area contributed by atoms with Gasteiger partial charge in [0.2, 0.25) is 5.91 Å². The number of anilines is 1. The SMILES string of the molecule is CC(C)CC1CNC(=O)N(c2ccc(Cl)cc2)C1=O. The van der Waals surface area contributed by atoms with Gasteiger partial charge in [-0.3, -0.25) is 4.79 Å². The average Bonchev–Trinajstić information content (AvgIpc) is 2.35. The Kier molecular flexibility index (Phi) is 4.10. The van der Waals surface area contributed by atoms with Gasteiger partial charge in [0.25, 0.3) is 0 Å². The molecule has 4 nitrogen and oxygen atoms in total. The fourth-order valence-corrected chi connectivity index (χ4v) is 2.37. The first-order valence-corrected chi connectivity index (χ1v) is 6.74. The van der Waals surface area contributed by atoms with Gasteiger partial charge >= 0.3 is 6.03 Å². The molecule has 0 radical (unpaired) electrons. The van der Waals surface area contributed by atoms with E-state index in [9.17, 15) is 9.59 Å². The molecule has 1 aromatic carbocycles. The third kappa shape index (κ3) is 3.07. The van der Waals surface area contributed by atoms with E-state index in [2.05, 4.69) is 19.2 Å². The quantitative estimate of drug-likeness (QED) is 0.925. The Balaban J connectivity index is 2.24. The fourth-order valence-electron chi connectivity index (χ4n) is 2.25. The lowest BCUT2D eigenvalue weighted by atomic mass is 9.94. The van der Waals surface area contributed by atoms with Crippen molar-refractivity contribution in [2.45, 2.75) is 20.3 Å². The lowest BCUT2D eigenvalue weighted by Crippen LogP contribution is -2.55. The van der Waals surface area contributed by atoms with E-state index in [1.807, 2.05) is 0 Å². The Morgan fingerprint density at radius 1 is 1.32 bits per heavy atom. The number of nitrogens with one attached hydrogen (secondary N) is 1. The predicted molar refractivity (Wildman–Crippen MR) is 75.3 cm³/mol. The van der Waals surface area contributed by atoms with Crippen molar-refractivity contribution < 1.29 is 9.59 Å². The van der Waals surface area contributed by atoms with Crippen LogP contribution in [0.25, 0.3) is 0 Å². The summed E-state index contributed by atoms with van der Waals surface area (Å²) in [4.78, 5) is 25.5. The van der Waals surface area contributed by atoms with Gasteiger partial charge in [-0.1, -0.05) is 25.4 Å². The largest absolute Gasteiger partial charge is 0.337 e. The number of carbonyl (C=O) groups is 2. The maximum atomic E-state index is 12.4. The van der Waals surface area contributed by atoms with Gasteiger partial charge in [0.05, 0.1) is 11.6 Å². The number of urea groups is 1. The van der Waals surface area contributed by atoms with Gasteiger partial charge in [0.1, 0.15) is 0 Å². The molecule has 3 amide bonds. The molecule has 1 aliphatic rings. The van der Waals surface area contributed by atoms with Gasteiger partial charge in [-0.2, -0.15) is 0 Å². The van der Waals surface area contributed by atoms with Crippen molar-refractivity contribution in [3.05, 3.63) is 29.3 Å². The molecular formula is C14H17ClN2O2. The van der Waals surface area contributed by atoms with Crippen molar-refractivity contribution in [1.82, 2.24) is 5.32 Å². The van der Waals surface area contributed by atoms with E-state index < -0.39 is 0 Å². The number of imide groups is 1. The predicted octanol–water partition coefficient (Wildman–Crippen LogP) is 3.06. The summed E-state index contributed by atoms with van der Waals surface area (Å²) in [7, 11) is 0. The highest BCUT2D eigenvalue weighted by Crippen LogP contribution is 2.24. The van der Waals surface area contributed by atoms with Crippen LogP contribution < -0.4 is 10.2 Å². The van der Waals surface area contributed by atoms with Crippen molar-refractivity contribution in [3.8, 4) is 0 Å². The molecule has 1 unspecified atom stereocenters. The highest BCUT2D eigenvalue weighted by molar-refractivity contribution is 6.30. The Bertz CT molecular complexity index is 485. The summed E-state index contributed by atoms with van der Waals surface area (Å²) in [6.45, 7) is 4.55. The number of halogens is 1. The topological polar surface area (TPSA) is 49.4 Å². The summed E-state index contributed by atoms with van der Waals surface area (Å²) in [6, 6.07) is 6.33. The van der Waals surface area contributed by atoms with E-state index in [1.54, 1.807) is 24.3 Å². The minimum absolute atomic E-state index is 0.139. The van der Waals surface area contributed by atoms with E-state index in [1.165, 1.54) is 4.90 Å². The summed E-state index contributed by atoms with van der Waals surface area (Å²) in [6.07, 6.45) is 0.767. The third-order valence-electron chi connectivity index (χ3n) is 3.11. The summed E-state index contributed by atoms with van der Waals surface area (Å²) in [5, 5.41) is 3.34. The Hall–Kier alpha value is -1.55. The van der Waals surface area contributed by atoms with E-state index in [4.69, 9.17) is 11.6 Å². The van der Waals surface area contributed by atoms with E-state index in [-0.39, 0.29) is 17.9 Å². The van der Waals surface area contributed by atoms with Crippen LogP contribution in [0.4, 0.5) is 10.5 Å². The van der Waals surface area contributed by atoms with Crippen LogP contribution >= 0.6 is 11.6 Å². The van der Waals surface area contributed by atoms with Crippen LogP contribution in [0, 0.1) is 11.8 Å². The summed E-state index contributed by atoms with van der Waals surface area (Å²) in [5.41, 5.74) is 0.556. The maximum absolute atomic E-state index is 12.4.